The zero-order valence-corrected chi connectivity index (χ0v) is 13.7. The number of benzene rings is 2. The van der Waals surface area contributed by atoms with Crippen LogP contribution < -0.4 is 5.32 Å². The lowest BCUT2D eigenvalue weighted by atomic mass is 9.90. The number of carbonyl (C=O) groups is 3. The molecule has 6 nitrogen and oxygen atoms in total. The van der Waals surface area contributed by atoms with Gasteiger partial charge in [-0.25, -0.2) is 9.59 Å². The first-order valence-corrected chi connectivity index (χ1v) is 7.94. The summed E-state index contributed by atoms with van der Waals surface area (Å²) >= 11 is 0. The van der Waals surface area contributed by atoms with Gasteiger partial charge in [-0.05, 0) is 18.1 Å². The zero-order chi connectivity index (χ0) is 18.0. The van der Waals surface area contributed by atoms with Crippen LogP contribution in [0.5, 0.6) is 0 Å². The molecule has 3 rings (SSSR count). The number of nitrogens with zero attached hydrogens (tertiary/aromatic N) is 1. The number of amides is 3. The highest BCUT2D eigenvalue weighted by molar-refractivity contribution is 6.18. The highest BCUT2D eigenvalue weighted by Gasteiger charge is 2.58. The number of imide groups is 1. The third kappa shape index (κ3) is 2.87. The van der Waals surface area contributed by atoms with E-state index in [-0.39, 0.29) is 6.42 Å². The molecule has 2 aromatic carbocycles. The number of carboxylic acids is 1. The standard InChI is InChI=1S/C19H18N2O4/c1-13(15-10-6-3-7-11-15)21-16(22)19(17(23)24,20-18(21)25)12-14-8-4-2-5-9-14/h2-11,13H,12H2,1H3,(H,20,25)(H,23,24)/t13-,19?/m1/s1. The van der Waals surface area contributed by atoms with Crippen molar-refractivity contribution >= 4 is 17.9 Å². The summed E-state index contributed by atoms with van der Waals surface area (Å²) in [7, 11) is 0. The number of hydrogen-bond acceptors (Lipinski definition) is 3. The number of hydrogen-bond donors (Lipinski definition) is 2. The molecule has 1 unspecified atom stereocenters. The van der Waals surface area contributed by atoms with Crippen molar-refractivity contribution in [2.45, 2.75) is 24.9 Å². The smallest absolute Gasteiger partial charge is 0.339 e. The Morgan fingerprint density at radius 1 is 1.08 bits per heavy atom. The molecule has 2 N–H and O–H groups in total. The monoisotopic (exact) mass is 338 g/mol. The Bertz CT molecular complexity index is 807. The minimum Gasteiger partial charge on any atom is -0.479 e. The van der Waals surface area contributed by atoms with Crippen LogP contribution in [0.1, 0.15) is 24.1 Å². The van der Waals surface area contributed by atoms with Gasteiger partial charge in [0.15, 0.2) is 0 Å². The normalized spacial score (nSPS) is 21.1. The average Bonchev–Trinajstić information content (AvgIpc) is 2.87. The van der Waals surface area contributed by atoms with Gasteiger partial charge in [0, 0.05) is 6.42 Å². The highest BCUT2D eigenvalue weighted by Crippen LogP contribution is 2.30. The van der Waals surface area contributed by atoms with Gasteiger partial charge in [-0.15, -0.1) is 0 Å². The summed E-state index contributed by atoms with van der Waals surface area (Å²) in [5, 5.41) is 12.1. The second-order valence-electron chi connectivity index (χ2n) is 6.06. The first kappa shape index (κ1) is 16.7. The number of carboxylic acid groups (broad SMARTS) is 1. The Kier molecular flexibility index (Phi) is 4.27. The third-order valence-corrected chi connectivity index (χ3v) is 4.47. The van der Waals surface area contributed by atoms with Crippen LogP contribution in [0.4, 0.5) is 4.79 Å². The van der Waals surface area contributed by atoms with E-state index in [9.17, 15) is 19.5 Å². The van der Waals surface area contributed by atoms with E-state index < -0.39 is 29.5 Å². The molecule has 1 aliphatic rings. The van der Waals surface area contributed by atoms with Crippen LogP contribution in [0.25, 0.3) is 0 Å². The van der Waals surface area contributed by atoms with E-state index in [1.54, 1.807) is 61.5 Å². The van der Waals surface area contributed by atoms with E-state index in [4.69, 9.17) is 0 Å². The lowest BCUT2D eigenvalue weighted by Gasteiger charge is -2.25. The maximum Gasteiger partial charge on any atom is 0.339 e. The van der Waals surface area contributed by atoms with E-state index in [0.717, 1.165) is 10.5 Å². The fourth-order valence-corrected chi connectivity index (χ4v) is 3.07. The summed E-state index contributed by atoms with van der Waals surface area (Å²) in [6, 6.07) is 16.6. The van der Waals surface area contributed by atoms with Gasteiger partial charge in [0.2, 0.25) is 5.54 Å². The van der Waals surface area contributed by atoms with Crippen LogP contribution >= 0.6 is 0 Å². The largest absolute Gasteiger partial charge is 0.479 e. The average molecular weight is 338 g/mol. The van der Waals surface area contributed by atoms with Crippen LogP contribution in [0.3, 0.4) is 0 Å². The first-order valence-electron chi connectivity index (χ1n) is 7.94. The zero-order valence-electron chi connectivity index (χ0n) is 13.7. The summed E-state index contributed by atoms with van der Waals surface area (Å²) in [6.45, 7) is 1.70. The Morgan fingerprint density at radius 2 is 1.64 bits per heavy atom. The summed E-state index contributed by atoms with van der Waals surface area (Å²) in [5.74, 6) is -2.11. The minimum absolute atomic E-state index is 0.105. The Labute approximate surface area is 145 Å². The Morgan fingerprint density at radius 3 is 2.20 bits per heavy atom. The van der Waals surface area contributed by atoms with Crippen LogP contribution in [-0.2, 0) is 16.0 Å². The third-order valence-electron chi connectivity index (χ3n) is 4.47. The maximum absolute atomic E-state index is 13.0. The SMILES string of the molecule is C[C@H](c1ccccc1)N1C(=O)NC(Cc2ccccc2)(C(=O)O)C1=O. The summed E-state index contributed by atoms with van der Waals surface area (Å²) in [5.41, 5.74) is -0.568. The number of carbonyl (C=O) groups excluding carboxylic acids is 2. The summed E-state index contributed by atoms with van der Waals surface area (Å²) in [4.78, 5) is 38.3. The number of aliphatic carboxylic acids is 1. The quantitative estimate of drug-likeness (QED) is 0.647. The molecule has 0 saturated carbocycles. The van der Waals surface area contributed by atoms with Crippen molar-refractivity contribution in [1.82, 2.24) is 10.2 Å². The van der Waals surface area contributed by atoms with Crippen molar-refractivity contribution in [2.75, 3.05) is 0 Å². The molecule has 3 amide bonds. The Hall–Kier alpha value is -3.15. The second kappa shape index (κ2) is 6.39. The van der Waals surface area contributed by atoms with Crippen LogP contribution in [0.2, 0.25) is 0 Å². The van der Waals surface area contributed by atoms with Crippen molar-refractivity contribution < 1.29 is 19.5 Å². The van der Waals surface area contributed by atoms with Crippen molar-refractivity contribution in [1.29, 1.82) is 0 Å². The van der Waals surface area contributed by atoms with Gasteiger partial charge < -0.3 is 10.4 Å². The molecule has 0 aliphatic carbocycles. The summed E-state index contributed by atoms with van der Waals surface area (Å²) < 4.78 is 0. The molecular formula is C19H18N2O4. The van der Waals surface area contributed by atoms with Gasteiger partial charge in [0.25, 0.3) is 5.91 Å². The van der Waals surface area contributed by atoms with E-state index in [0.29, 0.717) is 5.56 Å². The minimum atomic E-state index is -1.98. The first-order chi connectivity index (χ1) is 12.0. The summed E-state index contributed by atoms with van der Waals surface area (Å²) in [6.07, 6.45) is -0.105. The van der Waals surface area contributed by atoms with Crippen LogP contribution in [0, 0.1) is 0 Å². The van der Waals surface area contributed by atoms with E-state index >= 15 is 0 Å². The Balaban J connectivity index is 1.96. The molecule has 1 fully saturated rings. The molecule has 6 heteroatoms. The maximum atomic E-state index is 13.0. The molecule has 128 valence electrons. The van der Waals surface area contributed by atoms with E-state index in [1.807, 2.05) is 6.07 Å². The molecule has 2 aromatic rings. The fraction of sp³-hybridized carbons (Fsp3) is 0.211. The molecule has 0 spiro atoms. The molecule has 25 heavy (non-hydrogen) atoms. The second-order valence-corrected chi connectivity index (χ2v) is 6.06. The van der Waals surface area contributed by atoms with Gasteiger partial charge in [-0.1, -0.05) is 60.7 Å². The van der Waals surface area contributed by atoms with Crippen molar-refractivity contribution in [2.24, 2.45) is 0 Å². The van der Waals surface area contributed by atoms with Crippen molar-refractivity contribution in [3.63, 3.8) is 0 Å². The van der Waals surface area contributed by atoms with Gasteiger partial charge in [-0.3, -0.25) is 9.69 Å². The molecule has 2 atom stereocenters. The fourth-order valence-electron chi connectivity index (χ4n) is 3.07. The predicted molar refractivity (Wildman–Crippen MR) is 90.7 cm³/mol. The van der Waals surface area contributed by atoms with Crippen LogP contribution in [0.15, 0.2) is 60.7 Å². The van der Waals surface area contributed by atoms with Crippen molar-refractivity contribution in [3.8, 4) is 0 Å². The molecular weight excluding hydrogens is 320 g/mol. The van der Waals surface area contributed by atoms with Crippen molar-refractivity contribution in [3.05, 3.63) is 71.8 Å². The number of nitrogens with one attached hydrogen (secondary N) is 1. The van der Waals surface area contributed by atoms with Gasteiger partial charge in [0.05, 0.1) is 6.04 Å². The van der Waals surface area contributed by atoms with Gasteiger partial charge >= 0.3 is 12.0 Å². The lowest BCUT2D eigenvalue weighted by molar-refractivity contribution is -0.151. The molecule has 0 aromatic heterocycles. The molecule has 0 radical (unpaired) electrons. The highest BCUT2D eigenvalue weighted by atomic mass is 16.4. The topological polar surface area (TPSA) is 86.7 Å². The molecule has 1 saturated heterocycles. The predicted octanol–water partition coefficient (Wildman–Crippen LogP) is 2.37. The van der Waals surface area contributed by atoms with E-state index in [2.05, 4.69) is 5.32 Å². The van der Waals surface area contributed by atoms with Crippen LogP contribution in [-0.4, -0.2) is 33.5 Å². The van der Waals surface area contributed by atoms with Gasteiger partial charge in [-0.2, -0.15) is 0 Å². The molecule has 1 aliphatic heterocycles. The lowest BCUT2D eigenvalue weighted by Crippen LogP contribution is -2.55. The van der Waals surface area contributed by atoms with Gasteiger partial charge in [0.1, 0.15) is 0 Å². The van der Waals surface area contributed by atoms with E-state index in [1.165, 1.54) is 0 Å². The molecule has 1 heterocycles. The molecule has 0 bridgehead atoms. The number of rotatable bonds is 5. The number of urea groups is 1.